The predicted molar refractivity (Wildman–Crippen MR) is 92.7 cm³/mol. The Morgan fingerprint density at radius 2 is 2.09 bits per heavy atom. The molecule has 1 aromatic rings. The first kappa shape index (κ1) is 16.1. The first-order valence-electron chi connectivity index (χ1n) is 8.06. The molecule has 2 heterocycles. The highest BCUT2D eigenvalue weighted by atomic mass is 35.5. The third-order valence-electron chi connectivity index (χ3n) is 4.86. The van der Waals surface area contributed by atoms with E-state index in [2.05, 4.69) is 15.2 Å². The number of thiophene rings is 1. The standard InChI is InChI=1S/C16H24ClN3OS/c1-18-16(19-8-13(21)14-6-7-15(17)22-14)20-9-11-4-2-3-5-12(11)10-20/h6-7,11-13,21H,2-5,8-10H2,1H3,(H,18,19). The number of guanidine groups is 1. The van der Waals surface area contributed by atoms with E-state index in [1.807, 2.05) is 19.2 Å². The van der Waals surface area contributed by atoms with Gasteiger partial charge in [-0.1, -0.05) is 24.4 Å². The lowest BCUT2D eigenvalue weighted by Gasteiger charge is -2.22. The minimum Gasteiger partial charge on any atom is -0.386 e. The second-order valence-corrected chi connectivity index (χ2v) is 8.04. The van der Waals surface area contributed by atoms with Crippen molar-refractivity contribution in [2.45, 2.75) is 31.8 Å². The molecule has 3 atom stereocenters. The lowest BCUT2D eigenvalue weighted by atomic mass is 9.82. The van der Waals surface area contributed by atoms with Gasteiger partial charge in [0.25, 0.3) is 0 Å². The van der Waals surface area contributed by atoms with Crippen molar-refractivity contribution in [1.29, 1.82) is 0 Å². The van der Waals surface area contributed by atoms with Crippen LogP contribution in [0.1, 0.15) is 36.7 Å². The molecule has 122 valence electrons. The van der Waals surface area contributed by atoms with Crippen molar-refractivity contribution in [2.75, 3.05) is 26.7 Å². The molecule has 0 radical (unpaired) electrons. The van der Waals surface area contributed by atoms with Gasteiger partial charge in [0.05, 0.1) is 4.34 Å². The van der Waals surface area contributed by atoms with Gasteiger partial charge in [0, 0.05) is 31.6 Å². The fraction of sp³-hybridized carbons (Fsp3) is 0.688. The van der Waals surface area contributed by atoms with Crippen molar-refractivity contribution in [1.82, 2.24) is 10.2 Å². The van der Waals surface area contributed by atoms with Crippen molar-refractivity contribution >= 4 is 28.9 Å². The molecule has 0 bridgehead atoms. The highest BCUT2D eigenvalue weighted by Crippen LogP contribution is 2.36. The third-order valence-corrected chi connectivity index (χ3v) is 6.20. The van der Waals surface area contributed by atoms with Crippen LogP contribution in [0.5, 0.6) is 0 Å². The molecule has 1 aliphatic carbocycles. The Morgan fingerprint density at radius 3 is 2.64 bits per heavy atom. The highest BCUT2D eigenvalue weighted by molar-refractivity contribution is 7.16. The number of nitrogens with one attached hydrogen (secondary N) is 1. The van der Waals surface area contributed by atoms with E-state index in [0.29, 0.717) is 10.9 Å². The minimum atomic E-state index is -0.542. The summed E-state index contributed by atoms with van der Waals surface area (Å²) in [5, 5.41) is 13.6. The number of hydrogen-bond acceptors (Lipinski definition) is 3. The van der Waals surface area contributed by atoms with Crippen molar-refractivity contribution in [3.63, 3.8) is 0 Å². The van der Waals surface area contributed by atoms with Crippen LogP contribution in [-0.2, 0) is 0 Å². The smallest absolute Gasteiger partial charge is 0.193 e. The number of halogens is 1. The van der Waals surface area contributed by atoms with Gasteiger partial charge in [0.1, 0.15) is 6.10 Å². The van der Waals surface area contributed by atoms with Gasteiger partial charge in [-0.2, -0.15) is 0 Å². The summed E-state index contributed by atoms with van der Waals surface area (Å²) in [7, 11) is 1.82. The maximum atomic E-state index is 10.2. The Morgan fingerprint density at radius 1 is 1.41 bits per heavy atom. The number of aliphatic hydroxyl groups excluding tert-OH is 1. The summed E-state index contributed by atoms with van der Waals surface area (Å²) in [5.74, 6) is 2.57. The summed E-state index contributed by atoms with van der Waals surface area (Å²) in [6.45, 7) is 2.67. The molecule has 0 aromatic carbocycles. The van der Waals surface area contributed by atoms with Gasteiger partial charge in [-0.25, -0.2) is 0 Å². The van der Waals surface area contributed by atoms with Crippen molar-refractivity contribution in [3.05, 3.63) is 21.3 Å². The number of fused-ring (bicyclic) bond motifs is 1. The molecule has 4 nitrogen and oxygen atoms in total. The topological polar surface area (TPSA) is 47.9 Å². The normalized spacial score (nSPS) is 26.9. The van der Waals surface area contributed by atoms with Crippen LogP contribution in [0.2, 0.25) is 4.34 Å². The van der Waals surface area contributed by atoms with Crippen molar-refractivity contribution < 1.29 is 5.11 Å². The SMILES string of the molecule is CN=C(NCC(O)c1ccc(Cl)s1)N1CC2CCCCC2C1. The fourth-order valence-electron chi connectivity index (χ4n) is 3.71. The Kier molecular flexibility index (Phi) is 5.26. The Hall–Kier alpha value is -0.780. The van der Waals surface area contributed by atoms with Gasteiger partial charge >= 0.3 is 0 Å². The molecule has 1 saturated carbocycles. The van der Waals surface area contributed by atoms with Crippen LogP contribution in [0, 0.1) is 11.8 Å². The molecule has 0 amide bonds. The van der Waals surface area contributed by atoms with E-state index in [1.165, 1.54) is 37.0 Å². The third kappa shape index (κ3) is 3.58. The molecule has 2 fully saturated rings. The number of rotatable bonds is 3. The number of aliphatic hydroxyl groups is 1. The molecule has 6 heteroatoms. The maximum absolute atomic E-state index is 10.2. The predicted octanol–water partition coefficient (Wildman–Crippen LogP) is 3.13. The first-order chi connectivity index (χ1) is 10.7. The number of likely N-dealkylation sites (tertiary alicyclic amines) is 1. The van der Waals surface area contributed by atoms with Gasteiger partial charge in [-0.3, -0.25) is 4.99 Å². The second kappa shape index (κ2) is 7.20. The van der Waals surface area contributed by atoms with Gasteiger partial charge in [0.15, 0.2) is 5.96 Å². The largest absolute Gasteiger partial charge is 0.386 e. The first-order valence-corrected chi connectivity index (χ1v) is 9.25. The zero-order chi connectivity index (χ0) is 15.5. The number of hydrogen-bond donors (Lipinski definition) is 2. The van der Waals surface area contributed by atoms with E-state index in [9.17, 15) is 5.11 Å². The van der Waals surface area contributed by atoms with Crippen LogP contribution >= 0.6 is 22.9 Å². The van der Waals surface area contributed by atoms with E-state index >= 15 is 0 Å². The molecular formula is C16H24ClN3OS. The minimum absolute atomic E-state index is 0.468. The van der Waals surface area contributed by atoms with E-state index < -0.39 is 6.10 Å². The van der Waals surface area contributed by atoms with Crippen molar-refractivity contribution in [3.8, 4) is 0 Å². The molecule has 22 heavy (non-hydrogen) atoms. The van der Waals surface area contributed by atoms with Crippen LogP contribution in [0.3, 0.4) is 0 Å². The molecule has 3 unspecified atom stereocenters. The van der Waals surface area contributed by atoms with Gasteiger partial charge in [0.2, 0.25) is 0 Å². The molecule has 1 aromatic heterocycles. The average Bonchev–Trinajstić information content (AvgIpc) is 3.13. The quantitative estimate of drug-likeness (QED) is 0.656. The van der Waals surface area contributed by atoms with E-state index in [1.54, 1.807) is 0 Å². The zero-order valence-corrected chi connectivity index (χ0v) is 14.5. The van der Waals surface area contributed by atoms with E-state index in [-0.39, 0.29) is 0 Å². The van der Waals surface area contributed by atoms with Crippen LogP contribution < -0.4 is 5.32 Å². The van der Waals surface area contributed by atoms with E-state index in [4.69, 9.17) is 11.6 Å². The number of nitrogens with zero attached hydrogens (tertiary/aromatic N) is 2. The number of aliphatic imine (C=N–C) groups is 1. The van der Waals surface area contributed by atoms with Crippen LogP contribution in [-0.4, -0.2) is 42.6 Å². The molecule has 3 rings (SSSR count). The summed E-state index contributed by atoms with van der Waals surface area (Å²) >= 11 is 7.35. The molecule has 2 N–H and O–H groups in total. The summed E-state index contributed by atoms with van der Waals surface area (Å²) in [4.78, 5) is 7.64. The maximum Gasteiger partial charge on any atom is 0.193 e. The Labute approximate surface area is 141 Å². The molecule has 1 saturated heterocycles. The zero-order valence-electron chi connectivity index (χ0n) is 13.0. The summed E-state index contributed by atoms with van der Waals surface area (Å²) < 4.78 is 0.710. The van der Waals surface area contributed by atoms with Crippen LogP contribution in [0.15, 0.2) is 17.1 Å². The lowest BCUT2D eigenvalue weighted by molar-refractivity contribution is 0.183. The second-order valence-electron chi connectivity index (χ2n) is 6.30. The Balaban J connectivity index is 1.54. The molecular weight excluding hydrogens is 318 g/mol. The fourth-order valence-corrected chi connectivity index (χ4v) is 4.75. The summed E-state index contributed by atoms with van der Waals surface area (Å²) in [6, 6.07) is 3.71. The van der Waals surface area contributed by atoms with Crippen LogP contribution in [0.4, 0.5) is 0 Å². The molecule has 2 aliphatic rings. The molecule has 0 spiro atoms. The summed E-state index contributed by atoms with van der Waals surface area (Å²) in [5.41, 5.74) is 0. The van der Waals surface area contributed by atoms with Gasteiger partial charge in [-0.05, 0) is 36.8 Å². The lowest BCUT2D eigenvalue weighted by Crippen LogP contribution is -2.41. The Bertz CT molecular complexity index is 519. The van der Waals surface area contributed by atoms with E-state index in [0.717, 1.165) is 35.8 Å². The average molecular weight is 342 g/mol. The summed E-state index contributed by atoms with van der Waals surface area (Å²) in [6.07, 6.45) is 4.92. The monoisotopic (exact) mass is 341 g/mol. The van der Waals surface area contributed by atoms with Crippen molar-refractivity contribution in [2.24, 2.45) is 16.8 Å². The van der Waals surface area contributed by atoms with Gasteiger partial charge < -0.3 is 15.3 Å². The van der Waals surface area contributed by atoms with Gasteiger partial charge in [-0.15, -0.1) is 11.3 Å². The van der Waals surface area contributed by atoms with Crippen LogP contribution in [0.25, 0.3) is 0 Å². The molecule has 1 aliphatic heterocycles. The highest BCUT2D eigenvalue weighted by Gasteiger charge is 2.35.